The number of phenols is 1. The number of hydrogen-bond acceptors (Lipinski definition) is 6. The summed E-state index contributed by atoms with van der Waals surface area (Å²) in [6, 6.07) is 22.1. The first-order valence-electron chi connectivity index (χ1n) is 9.35. The van der Waals surface area contributed by atoms with E-state index in [0.717, 1.165) is 11.3 Å². The summed E-state index contributed by atoms with van der Waals surface area (Å²) in [7, 11) is 1.61. The zero-order valence-corrected chi connectivity index (χ0v) is 16.4. The molecule has 6 nitrogen and oxygen atoms in total. The van der Waals surface area contributed by atoms with Crippen molar-refractivity contribution in [2.45, 2.75) is 6.61 Å². The van der Waals surface area contributed by atoms with Crippen LogP contribution in [-0.2, 0) is 6.61 Å². The Balaban J connectivity index is 1.54. The summed E-state index contributed by atoms with van der Waals surface area (Å²) < 4.78 is 16.9. The van der Waals surface area contributed by atoms with Crippen molar-refractivity contribution < 1.29 is 19.3 Å². The Morgan fingerprint density at radius 3 is 2.33 bits per heavy atom. The molecule has 0 aliphatic rings. The number of aromatic nitrogens is 2. The number of rotatable bonds is 7. The molecule has 3 aromatic carbocycles. The minimum atomic E-state index is 0.0406. The third-order valence-electron chi connectivity index (χ3n) is 4.44. The highest BCUT2D eigenvalue weighted by Crippen LogP contribution is 2.37. The summed E-state index contributed by atoms with van der Waals surface area (Å²) in [5, 5.41) is 10.6. The van der Waals surface area contributed by atoms with E-state index < -0.39 is 0 Å². The van der Waals surface area contributed by atoms with Gasteiger partial charge in [-0.05, 0) is 42.0 Å². The molecule has 6 heteroatoms. The van der Waals surface area contributed by atoms with Crippen molar-refractivity contribution in [2.24, 2.45) is 0 Å². The van der Waals surface area contributed by atoms with Gasteiger partial charge >= 0.3 is 0 Å². The quantitative estimate of drug-likeness (QED) is 0.458. The fraction of sp³-hybridized carbons (Fsp3) is 0.0833. The van der Waals surface area contributed by atoms with E-state index in [1.165, 1.54) is 6.33 Å². The smallest absolute Gasteiger partial charge is 0.172 e. The second-order valence-corrected chi connectivity index (χ2v) is 6.47. The zero-order valence-electron chi connectivity index (χ0n) is 16.4. The zero-order chi connectivity index (χ0) is 20.8. The summed E-state index contributed by atoms with van der Waals surface area (Å²) in [6.45, 7) is 0.416. The molecule has 1 N–H and O–H groups in total. The molecule has 4 aromatic rings. The third-order valence-corrected chi connectivity index (χ3v) is 4.44. The lowest BCUT2D eigenvalue weighted by molar-refractivity contribution is 0.304. The van der Waals surface area contributed by atoms with Gasteiger partial charge in [-0.3, -0.25) is 0 Å². The van der Waals surface area contributed by atoms with Gasteiger partial charge in [-0.15, -0.1) is 0 Å². The van der Waals surface area contributed by atoms with Crippen LogP contribution in [0.15, 0.2) is 85.3 Å². The molecular formula is C24H20N2O4. The number of hydrogen-bond donors (Lipinski definition) is 1. The van der Waals surface area contributed by atoms with Gasteiger partial charge in [0.05, 0.1) is 13.3 Å². The van der Waals surface area contributed by atoms with Gasteiger partial charge in [-0.25, -0.2) is 9.97 Å². The summed E-state index contributed by atoms with van der Waals surface area (Å²) in [6.07, 6.45) is 2.97. The second kappa shape index (κ2) is 8.96. The number of nitrogens with zero attached hydrogens (tertiary/aromatic N) is 2. The maximum Gasteiger partial charge on any atom is 0.172 e. The number of ether oxygens (including phenoxy) is 3. The molecule has 0 aliphatic heterocycles. The second-order valence-electron chi connectivity index (χ2n) is 6.47. The molecule has 4 rings (SSSR count). The van der Waals surface area contributed by atoms with Crippen LogP contribution >= 0.6 is 0 Å². The average Bonchev–Trinajstić information content (AvgIpc) is 2.80. The van der Waals surface area contributed by atoms with Gasteiger partial charge in [0, 0.05) is 11.6 Å². The molecule has 30 heavy (non-hydrogen) atoms. The molecule has 0 atom stereocenters. The number of methoxy groups -OCH3 is 1. The van der Waals surface area contributed by atoms with Crippen LogP contribution in [0.2, 0.25) is 0 Å². The van der Waals surface area contributed by atoms with E-state index in [2.05, 4.69) is 9.97 Å². The van der Waals surface area contributed by atoms with Crippen molar-refractivity contribution in [3.63, 3.8) is 0 Å². The lowest BCUT2D eigenvalue weighted by atomic mass is 10.1. The standard InChI is InChI=1S/C24H20N2O4/c1-28-18-7-9-19(10-8-18)30-23-14-25-16-26-24(23)21-12-11-20(13-22(21)27)29-15-17-5-3-2-4-6-17/h2-14,16,27H,15H2,1H3. The van der Waals surface area contributed by atoms with Crippen LogP contribution in [-0.4, -0.2) is 22.2 Å². The first-order chi connectivity index (χ1) is 14.7. The minimum absolute atomic E-state index is 0.0406. The predicted octanol–water partition coefficient (Wildman–Crippen LogP) is 5.23. The normalized spacial score (nSPS) is 10.4. The minimum Gasteiger partial charge on any atom is -0.507 e. The van der Waals surface area contributed by atoms with E-state index in [9.17, 15) is 5.11 Å². The molecule has 0 aliphatic carbocycles. The number of benzene rings is 3. The van der Waals surface area contributed by atoms with Crippen LogP contribution in [0.1, 0.15) is 5.56 Å². The van der Waals surface area contributed by atoms with Crippen LogP contribution in [0, 0.1) is 0 Å². The van der Waals surface area contributed by atoms with Gasteiger partial charge in [0.1, 0.15) is 41.6 Å². The van der Waals surface area contributed by atoms with E-state index in [1.54, 1.807) is 55.8 Å². The van der Waals surface area contributed by atoms with Crippen LogP contribution in [0.4, 0.5) is 0 Å². The largest absolute Gasteiger partial charge is 0.507 e. The maximum atomic E-state index is 10.6. The molecule has 0 spiro atoms. The van der Waals surface area contributed by atoms with Crippen molar-refractivity contribution in [2.75, 3.05) is 7.11 Å². The van der Waals surface area contributed by atoms with E-state index in [1.807, 2.05) is 30.3 Å². The lowest BCUT2D eigenvalue weighted by Gasteiger charge is -2.12. The van der Waals surface area contributed by atoms with Crippen LogP contribution < -0.4 is 14.2 Å². The van der Waals surface area contributed by atoms with Crippen LogP contribution in [0.3, 0.4) is 0 Å². The Morgan fingerprint density at radius 1 is 0.867 bits per heavy atom. The molecule has 1 heterocycles. The fourth-order valence-corrected chi connectivity index (χ4v) is 2.91. The van der Waals surface area contributed by atoms with Gasteiger partial charge in [0.15, 0.2) is 5.75 Å². The van der Waals surface area contributed by atoms with Gasteiger partial charge in [-0.2, -0.15) is 0 Å². The fourth-order valence-electron chi connectivity index (χ4n) is 2.91. The Morgan fingerprint density at radius 2 is 1.60 bits per heavy atom. The summed E-state index contributed by atoms with van der Waals surface area (Å²) in [5.74, 6) is 2.37. The Hall–Kier alpha value is -4.06. The lowest BCUT2D eigenvalue weighted by Crippen LogP contribution is -1.96. The molecule has 0 unspecified atom stereocenters. The molecule has 0 saturated heterocycles. The SMILES string of the molecule is COc1ccc(Oc2cncnc2-c2ccc(OCc3ccccc3)cc2O)cc1. The first kappa shape index (κ1) is 19.3. The topological polar surface area (TPSA) is 73.7 Å². The average molecular weight is 400 g/mol. The van der Waals surface area contributed by atoms with E-state index >= 15 is 0 Å². The molecule has 0 radical (unpaired) electrons. The highest BCUT2D eigenvalue weighted by molar-refractivity contribution is 5.72. The Kier molecular flexibility index (Phi) is 5.75. The van der Waals surface area contributed by atoms with E-state index in [4.69, 9.17) is 14.2 Å². The number of aromatic hydroxyl groups is 1. The summed E-state index contributed by atoms with van der Waals surface area (Å²) >= 11 is 0. The number of phenolic OH excluding ortho intramolecular Hbond substituents is 1. The van der Waals surface area contributed by atoms with Crippen molar-refractivity contribution in [3.8, 4) is 40.0 Å². The van der Waals surface area contributed by atoms with Crippen LogP contribution in [0.25, 0.3) is 11.3 Å². The molecule has 0 bridgehead atoms. The summed E-state index contributed by atoms with van der Waals surface area (Å²) in [4.78, 5) is 8.35. The van der Waals surface area contributed by atoms with Crippen molar-refractivity contribution in [1.82, 2.24) is 9.97 Å². The Bertz CT molecular complexity index is 1120. The molecule has 0 saturated carbocycles. The summed E-state index contributed by atoms with van der Waals surface area (Å²) in [5.41, 5.74) is 2.05. The van der Waals surface area contributed by atoms with Crippen molar-refractivity contribution in [3.05, 3.63) is 90.9 Å². The van der Waals surface area contributed by atoms with E-state index in [-0.39, 0.29) is 5.75 Å². The van der Waals surface area contributed by atoms with Crippen molar-refractivity contribution >= 4 is 0 Å². The molecule has 0 amide bonds. The van der Waals surface area contributed by atoms with E-state index in [0.29, 0.717) is 35.1 Å². The highest BCUT2D eigenvalue weighted by Gasteiger charge is 2.14. The Labute approximate surface area is 174 Å². The van der Waals surface area contributed by atoms with Gasteiger partial charge < -0.3 is 19.3 Å². The van der Waals surface area contributed by atoms with Gasteiger partial charge in [0.25, 0.3) is 0 Å². The molecule has 0 fully saturated rings. The molecular weight excluding hydrogens is 380 g/mol. The molecule has 150 valence electrons. The molecule has 1 aromatic heterocycles. The monoisotopic (exact) mass is 400 g/mol. The van der Waals surface area contributed by atoms with Crippen molar-refractivity contribution in [1.29, 1.82) is 0 Å². The van der Waals surface area contributed by atoms with Crippen LogP contribution in [0.5, 0.6) is 28.7 Å². The van der Waals surface area contributed by atoms with Gasteiger partial charge in [-0.1, -0.05) is 30.3 Å². The van der Waals surface area contributed by atoms with Gasteiger partial charge in [0.2, 0.25) is 0 Å². The maximum absolute atomic E-state index is 10.6. The third kappa shape index (κ3) is 4.50. The highest BCUT2D eigenvalue weighted by atomic mass is 16.5. The first-order valence-corrected chi connectivity index (χ1v) is 9.35. The predicted molar refractivity (Wildman–Crippen MR) is 113 cm³/mol.